The lowest BCUT2D eigenvalue weighted by atomic mass is 10.2. The highest BCUT2D eigenvalue weighted by Crippen LogP contribution is 2.29. The van der Waals surface area contributed by atoms with E-state index in [2.05, 4.69) is 17.4 Å². The van der Waals surface area contributed by atoms with Gasteiger partial charge in [0.1, 0.15) is 12.6 Å². The smallest absolute Gasteiger partial charge is 0.408 e. The summed E-state index contributed by atoms with van der Waals surface area (Å²) in [5.41, 5.74) is 0. The second-order valence-electron chi connectivity index (χ2n) is 4.40. The van der Waals surface area contributed by atoms with Crippen molar-refractivity contribution >= 4 is 45.2 Å². The number of carboxylic acids is 1. The van der Waals surface area contributed by atoms with E-state index in [0.717, 1.165) is 15.0 Å². The number of alkyl carbamates (subject to hydrolysis) is 1. The predicted molar refractivity (Wildman–Crippen MR) is 84.0 cm³/mol. The summed E-state index contributed by atoms with van der Waals surface area (Å²) in [6.07, 6.45) is 1.29. The first-order valence-corrected chi connectivity index (χ1v) is 8.26. The molecule has 0 spiro atoms. The van der Waals surface area contributed by atoms with Crippen molar-refractivity contribution in [3.05, 3.63) is 29.1 Å². The Hall–Kier alpha value is -1.73. The van der Waals surface area contributed by atoms with Gasteiger partial charge >= 0.3 is 12.1 Å². The Morgan fingerprint density at radius 1 is 1.43 bits per heavy atom. The van der Waals surface area contributed by atoms with Gasteiger partial charge in [-0.05, 0) is 42.8 Å². The highest BCUT2D eigenvalue weighted by molar-refractivity contribution is 7.98. The van der Waals surface area contributed by atoms with Crippen molar-refractivity contribution in [2.24, 2.45) is 0 Å². The molecule has 21 heavy (non-hydrogen) atoms. The molecule has 112 valence electrons. The van der Waals surface area contributed by atoms with Crippen molar-refractivity contribution in [2.45, 2.75) is 24.5 Å². The zero-order chi connectivity index (χ0) is 15.4. The van der Waals surface area contributed by atoms with Crippen LogP contribution in [0.5, 0.6) is 0 Å². The fourth-order valence-electron chi connectivity index (χ4n) is 1.69. The van der Waals surface area contributed by atoms with Gasteiger partial charge in [0.05, 0.1) is 0 Å². The molecule has 0 aliphatic heterocycles. The molecule has 2 N–H and O–H groups in total. The third-order valence-electron chi connectivity index (χ3n) is 2.82. The highest BCUT2D eigenvalue weighted by atomic mass is 32.2. The van der Waals surface area contributed by atoms with Crippen LogP contribution in [0.1, 0.15) is 11.8 Å². The average Bonchev–Trinajstić information content (AvgIpc) is 2.86. The third-order valence-corrected chi connectivity index (χ3v) is 4.64. The lowest BCUT2D eigenvalue weighted by Crippen LogP contribution is -2.38. The van der Waals surface area contributed by atoms with Gasteiger partial charge < -0.3 is 15.2 Å². The molecule has 1 amide bonds. The maximum Gasteiger partial charge on any atom is 0.408 e. The van der Waals surface area contributed by atoms with E-state index in [4.69, 9.17) is 9.84 Å². The van der Waals surface area contributed by atoms with Crippen molar-refractivity contribution in [2.75, 3.05) is 6.26 Å². The summed E-state index contributed by atoms with van der Waals surface area (Å²) in [4.78, 5) is 24.2. The number of carboxylic acid groups (broad SMARTS) is 1. The monoisotopic (exact) mass is 325 g/mol. The summed E-state index contributed by atoms with van der Waals surface area (Å²) in [6, 6.07) is 7.20. The van der Waals surface area contributed by atoms with E-state index in [1.807, 2.05) is 18.4 Å². The Morgan fingerprint density at radius 2 is 2.19 bits per heavy atom. The minimum atomic E-state index is -1.10. The van der Waals surface area contributed by atoms with Gasteiger partial charge in [0, 0.05) is 14.5 Å². The van der Waals surface area contributed by atoms with Gasteiger partial charge in [-0.15, -0.1) is 23.1 Å². The van der Waals surface area contributed by atoms with Crippen LogP contribution in [0.3, 0.4) is 0 Å². The summed E-state index contributed by atoms with van der Waals surface area (Å²) in [7, 11) is 0. The van der Waals surface area contributed by atoms with Crippen molar-refractivity contribution in [3.8, 4) is 0 Å². The number of carbonyl (C=O) groups excluding carboxylic acids is 1. The number of thiophene rings is 1. The maximum absolute atomic E-state index is 11.5. The molecule has 0 aliphatic rings. The van der Waals surface area contributed by atoms with E-state index in [9.17, 15) is 9.59 Å². The molecular formula is C14H15NO4S2. The van der Waals surface area contributed by atoms with Gasteiger partial charge in [-0.2, -0.15) is 0 Å². The maximum atomic E-state index is 11.5. The number of carbonyl (C=O) groups is 2. The van der Waals surface area contributed by atoms with Crippen LogP contribution < -0.4 is 5.32 Å². The van der Waals surface area contributed by atoms with Gasteiger partial charge in [-0.3, -0.25) is 4.79 Å². The Bertz CT molecular complexity index is 668. The van der Waals surface area contributed by atoms with Gasteiger partial charge in [0.2, 0.25) is 0 Å². The molecule has 2 aromatic rings. The van der Waals surface area contributed by atoms with Crippen LogP contribution in [-0.2, 0) is 16.1 Å². The molecule has 1 atom stereocenters. The first-order valence-electron chi connectivity index (χ1n) is 6.22. The summed E-state index contributed by atoms with van der Waals surface area (Å²) in [5.74, 6) is -1.10. The molecule has 0 saturated carbocycles. The second kappa shape index (κ2) is 6.82. The van der Waals surface area contributed by atoms with Crippen LogP contribution in [0, 0.1) is 0 Å². The predicted octanol–water partition coefficient (Wildman–Crippen LogP) is 3.32. The normalized spacial score (nSPS) is 12.1. The second-order valence-corrected chi connectivity index (χ2v) is 6.44. The Labute approximate surface area is 130 Å². The molecular weight excluding hydrogens is 310 g/mol. The molecule has 0 fully saturated rings. The average molecular weight is 325 g/mol. The van der Waals surface area contributed by atoms with E-state index in [0.29, 0.717) is 0 Å². The third kappa shape index (κ3) is 4.12. The summed E-state index contributed by atoms with van der Waals surface area (Å²) < 4.78 is 6.16. The van der Waals surface area contributed by atoms with Gasteiger partial charge in [-0.25, -0.2) is 4.79 Å². The fourth-order valence-corrected chi connectivity index (χ4v) is 3.10. The molecule has 0 aliphatic carbocycles. The molecule has 2 rings (SSSR count). The number of ether oxygens (including phenoxy) is 1. The van der Waals surface area contributed by atoms with E-state index in [1.165, 1.54) is 11.8 Å². The number of amides is 1. The zero-order valence-electron chi connectivity index (χ0n) is 11.6. The summed E-state index contributed by atoms with van der Waals surface area (Å²) in [6.45, 7) is 1.51. The number of hydrogen-bond donors (Lipinski definition) is 2. The number of hydrogen-bond acceptors (Lipinski definition) is 5. The van der Waals surface area contributed by atoms with Crippen molar-refractivity contribution in [1.82, 2.24) is 5.32 Å². The van der Waals surface area contributed by atoms with Crippen LogP contribution in [0.2, 0.25) is 0 Å². The number of benzene rings is 1. The molecule has 7 heteroatoms. The molecule has 0 radical (unpaired) electrons. The van der Waals surface area contributed by atoms with E-state index in [1.54, 1.807) is 23.1 Å². The van der Waals surface area contributed by atoms with Crippen molar-refractivity contribution in [3.63, 3.8) is 0 Å². The highest BCUT2D eigenvalue weighted by Gasteiger charge is 2.15. The largest absolute Gasteiger partial charge is 0.480 e. The topological polar surface area (TPSA) is 75.6 Å². The summed E-state index contributed by atoms with van der Waals surface area (Å²) >= 11 is 3.23. The number of nitrogens with one attached hydrogen (secondary N) is 1. The standard InChI is InChI=1S/C14H15NO4S2/c1-8(13(16)17)15-14(18)19-7-11-6-9-5-10(20-2)3-4-12(9)21-11/h3-6,8H,7H2,1-2H3,(H,15,18)(H,16,17)/t8-/m0/s1. The first kappa shape index (κ1) is 15.7. The van der Waals surface area contributed by atoms with E-state index >= 15 is 0 Å². The fraction of sp³-hybridized carbons (Fsp3) is 0.286. The van der Waals surface area contributed by atoms with Crippen LogP contribution >= 0.6 is 23.1 Å². The molecule has 5 nitrogen and oxygen atoms in total. The lowest BCUT2D eigenvalue weighted by Gasteiger charge is -2.08. The van der Waals surface area contributed by atoms with Crippen LogP contribution in [0.15, 0.2) is 29.2 Å². The van der Waals surface area contributed by atoms with Gasteiger partial charge in [-0.1, -0.05) is 0 Å². The molecule has 1 heterocycles. The molecule has 1 aromatic heterocycles. The lowest BCUT2D eigenvalue weighted by molar-refractivity contribution is -0.138. The molecule has 0 saturated heterocycles. The number of rotatable bonds is 5. The number of aliphatic carboxylic acids is 1. The van der Waals surface area contributed by atoms with Crippen LogP contribution in [-0.4, -0.2) is 29.5 Å². The summed E-state index contributed by atoms with van der Waals surface area (Å²) in [5, 5.41) is 12.0. The minimum Gasteiger partial charge on any atom is -0.480 e. The van der Waals surface area contributed by atoms with Crippen LogP contribution in [0.4, 0.5) is 4.79 Å². The Balaban J connectivity index is 1.97. The van der Waals surface area contributed by atoms with E-state index < -0.39 is 18.1 Å². The first-order chi connectivity index (χ1) is 9.99. The van der Waals surface area contributed by atoms with Gasteiger partial charge in [0.25, 0.3) is 0 Å². The number of fused-ring (bicyclic) bond motifs is 1. The minimum absolute atomic E-state index is 0.131. The molecule has 0 unspecified atom stereocenters. The van der Waals surface area contributed by atoms with E-state index in [-0.39, 0.29) is 6.61 Å². The Kier molecular flexibility index (Phi) is 5.08. The molecule has 0 bridgehead atoms. The zero-order valence-corrected chi connectivity index (χ0v) is 13.2. The SMILES string of the molecule is CSc1ccc2sc(COC(=O)N[C@@H](C)C(=O)O)cc2c1. The van der Waals surface area contributed by atoms with Crippen molar-refractivity contribution < 1.29 is 19.4 Å². The number of thioether (sulfide) groups is 1. The van der Waals surface area contributed by atoms with Crippen molar-refractivity contribution in [1.29, 1.82) is 0 Å². The Morgan fingerprint density at radius 3 is 2.86 bits per heavy atom. The quantitative estimate of drug-likeness (QED) is 0.825. The molecule has 1 aromatic carbocycles. The van der Waals surface area contributed by atoms with Crippen LogP contribution in [0.25, 0.3) is 10.1 Å². The van der Waals surface area contributed by atoms with Gasteiger partial charge in [0.15, 0.2) is 0 Å².